The normalized spacial score (nSPS) is 15.4. The standard InChI is InChI=1S/C34H33FN4O4S2/c1-34(2,3)24-16-14-23(15-17-24)20-30-32(41)39(29-13-6-5-12-28(29)35)33(44-30)27(22-36)31(40)37-25-10-9-11-26(21-25)45(42,43)38-18-7-4-8-19-38/h5-6,9-17,20-21H,4,7-8,18-19H2,1-3H3,(H,37,40). The van der Waals surface area contributed by atoms with Gasteiger partial charge in [-0.1, -0.05) is 69.7 Å². The van der Waals surface area contributed by atoms with Crippen LogP contribution in [0.2, 0.25) is 0 Å². The van der Waals surface area contributed by atoms with Gasteiger partial charge in [-0.15, -0.1) is 11.3 Å². The van der Waals surface area contributed by atoms with Crippen molar-refractivity contribution in [3.8, 4) is 11.8 Å². The molecule has 0 saturated carbocycles. The summed E-state index contributed by atoms with van der Waals surface area (Å²) in [5.74, 6) is -1.56. The number of carbonyl (C=O) groups is 1. The molecule has 2 heterocycles. The predicted molar refractivity (Wildman–Crippen MR) is 175 cm³/mol. The van der Waals surface area contributed by atoms with Crippen molar-refractivity contribution in [1.29, 1.82) is 5.26 Å². The first-order valence-electron chi connectivity index (χ1n) is 14.5. The Morgan fingerprint density at radius 3 is 2.33 bits per heavy atom. The van der Waals surface area contributed by atoms with Crippen LogP contribution in [0.5, 0.6) is 0 Å². The first-order chi connectivity index (χ1) is 21.4. The molecule has 1 aliphatic rings. The number of benzene rings is 3. The van der Waals surface area contributed by atoms with Crippen molar-refractivity contribution in [1.82, 2.24) is 8.87 Å². The van der Waals surface area contributed by atoms with Crippen molar-refractivity contribution in [2.45, 2.75) is 50.3 Å². The number of rotatable bonds is 6. The van der Waals surface area contributed by atoms with Crippen LogP contribution in [0.25, 0.3) is 17.3 Å². The summed E-state index contributed by atoms with van der Waals surface area (Å²) >= 11 is 0.897. The van der Waals surface area contributed by atoms with Crippen molar-refractivity contribution in [3.63, 3.8) is 0 Å². The molecule has 11 heteroatoms. The van der Waals surface area contributed by atoms with Gasteiger partial charge in [0.05, 0.1) is 15.1 Å². The number of thiazole rings is 1. The van der Waals surface area contributed by atoms with Gasteiger partial charge in [-0.05, 0) is 65.8 Å². The summed E-state index contributed by atoms with van der Waals surface area (Å²) in [5, 5.41) is 12.8. The lowest BCUT2D eigenvalue weighted by Crippen LogP contribution is -2.35. The van der Waals surface area contributed by atoms with E-state index >= 15 is 4.39 Å². The fraction of sp³-hybridized carbons (Fsp3) is 0.265. The molecule has 1 fully saturated rings. The van der Waals surface area contributed by atoms with E-state index in [9.17, 15) is 23.3 Å². The zero-order chi connectivity index (χ0) is 32.4. The average Bonchev–Trinajstić information content (AvgIpc) is 3.32. The van der Waals surface area contributed by atoms with Crippen LogP contribution in [0.4, 0.5) is 10.1 Å². The third-order valence-corrected chi connectivity index (χ3v) is 10.6. The molecule has 0 radical (unpaired) electrons. The van der Waals surface area contributed by atoms with Crippen LogP contribution in [-0.4, -0.2) is 36.3 Å². The van der Waals surface area contributed by atoms with E-state index in [1.165, 1.54) is 46.8 Å². The summed E-state index contributed by atoms with van der Waals surface area (Å²) in [6, 6.07) is 21.0. The Bertz CT molecular complexity index is 2080. The monoisotopic (exact) mass is 644 g/mol. The zero-order valence-electron chi connectivity index (χ0n) is 25.2. The van der Waals surface area contributed by atoms with E-state index in [0.29, 0.717) is 13.1 Å². The second-order valence-corrected chi connectivity index (χ2v) is 14.8. The molecule has 4 aromatic rings. The summed E-state index contributed by atoms with van der Waals surface area (Å²) in [6.45, 7) is 7.14. The first kappa shape index (κ1) is 32.0. The average molecular weight is 645 g/mol. The van der Waals surface area contributed by atoms with Gasteiger partial charge in [-0.2, -0.15) is 9.57 Å². The summed E-state index contributed by atoms with van der Waals surface area (Å²) in [5.41, 5.74) is 0.818. The fourth-order valence-electron chi connectivity index (χ4n) is 5.11. The fourth-order valence-corrected chi connectivity index (χ4v) is 7.77. The van der Waals surface area contributed by atoms with Crippen molar-refractivity contribution in [2.24, 2.45) is 0 Å². The maximum absolute atomic E-state index is 15.0. The minimum absolute atomic E-state index is 0.0226. The minimum atomic E-state index is -3.77. The number of nitrogens with zero attached hydrogens (tertiary/aromatic N) is 3. The maximum Gasteiger partial charge on any atom is 0.273 e. The highest BCUT2D eigenvalue weighted by Crippen LogP contribution is 2.24. The molecule has 0 spiro atoms. The molecule has 1 aromatic heterocycles. The molecule has 5 rings (SSSR count). The van der Waals surface area contributed by atoms with E-state index in [-0.39, 0.29) is 30.9 Å². The number of hydrogen-bond acceptors (Lipinski definition) is 6. The van der Waals surface area contributed by atoms with Crippen LogP contribution in [0, 0.1) is 17.1 Å². The van der Waals surface area contributed by atoms with E-state index in [2.05, 4.69) is 26.1 Å². The number of aromatic nitrogens is 1. The molecule has 0 aliphatic carbocycles. The number of para-hydroxylation sites is 1. The number of hydrogen-bond donors (Lipinski definition) is 1. The van der Waals surface area contributed by atoms with Gasteiger partial charge in [0.25, 0.3) is 11.5 Å². The van der Waals surface area contributed by atoms with Crippen molar-refractivity contribution < 1.29 is 17.6 Å². The van der Waals surface area contributed by atoms with Gasteiger partial charge in [0.2, 0.25) is 10.0 Å². The number of sulfonamides is 1. The van der Waals surface area contributed by atoms with Gasteiger partial charge in [-0.3, -0.25) is 14.2 Å². The lowest BCUT2D eigenvalue weighted by atomic mass is 9.87. The molecular weight excluding hydrogens is 612 g/mol. The molecular formula is C34H33FN4O4S2. The highest BCUT2D eigenvalue weighted by atomic mass is 32.2. The molecule has 1 aliphatic heterocycles. The number of piperidine rings is 1. The molecule has 232 valence electrons. The second kappa shape index (κ2) is 12.9. The number of anilines is 1. The third-order valence-electron chi connectivity index (χ3n) is 7.59. The Balaban J connectivity index is 1.60. The lowest BCUT2D eigenvalue weighted by molar-refractivity contribution is -0.111. The maximum atomic E-state index is 15.0. The highest BCUT2D eigenvalue weighted by Gasteiger charge is 2.26. The molecule has 8 nitrogen and oxygen atoms in total. The van der Waals surface area contributed by atoms with Crippen LogP contribution in [0.3, 0.4) is 0 Å². The molecule has 0 bridgehead atoms. The summed E-state index contributed by atoms with van der Waals surface area (Å²) in [7, 11) is -3.77. The van der Waals surface area contributed by atoms with Gasteiger partial charge < -0.3 is 5.32 Å². The molecule has 1 N–H and O–H groups in total. The predicted octanol–water partition coefficient (Wildman–Crippen LogP) is 4.65. The summed E-state index contributed by atoms with van der Waals surface area (Å²) in [6.07, 6.45) is 4.17. The highest BCUT2D eigenvalue weighted by molar-refractivity contribution is 7.89. The Morgan fingerprint density at radius 1 is 1.00 bits per heavy atom. The Labute approximate surface area is 265 Å². The van der Waals surface area contributed by atoms with Crippen LogP contribution < -0.4 is 20.1 Å². The summed E-state index contributed by atoms with van der Waals surface area (Å²) < 4.78 is 44.1. The Hall–Kier alpha value is -4.37. The second-order valence-electron chi connectivity index (χ2n) is 11.8. The number of nitriles is 1. The molecule has 45 heavy (non-hydrogen) atoms. The minimum Gasteiger partial charge on any atom is -0.321 e. The zero-order valence-corrected chi connectivity index (χ0v) is 26.8. The lowest BCUT2D eigenvalue weighted by Gasteiger charge is -2.26. The van der Waals surface area contributed by atoms with Gasteiger partial charge in [0.1, 0.15) is 16.5 Å². The van der Waals surface area contributed by atoms with Crippen LogP contribution >= 0.6 is 11.3 Å². The molecule has 3 aromatic carbocycles. The Kier molecular flexibility index (Phi) is 9.20. The van der Waals surface area contributed by atoms with Gasteiger partial charge in [0.15, 0.2) is 5.57 Å². The third kappa shape index (κ3) is 6.83. The molecule has 1 saturated heterocycles. The number of amides is 1. The number of nitrogens with one attached hydrogen (secondary N) is 1. The topological polar surface area (TPSA) is 112 Å². The largest absolute Gasteiger partial charge is 0.321 e. The number of halogens is 1. The summed E-state index contributed by atoms with van der Waals surface area (Å²) in [4.78, 5) is 27.3. The van der Waals surface area contributed by atoms with E-state index in [0.717, 1.165) is 46.3 Å². The van der Waals surface area contributed by atoms with E-state index in [1.54, 1.807) is 12.1 Å². The van der Waals surface area contributed by atoms with Gasteiger partial charge in [0, 0.05) is 18.8 Å². The first-order valence-corrected chi connectivity index (χ1v) is 16.8. The smallest absolute Gasteiger partial charge is 0.273 e. The quantitative estimate of drug-likeness (QED) is 0.329. The molecule has 0 unspecified atom stereocenters. The van der Waals surface area contributed by atoms with Gasteiger partial charge >= 0.3 is 0 Å². The van der Waals surface area contributed by atoms with Crippen molar-refractivity contribution in [2.75, 3.05) is 18.4 Å². The van der Waals surface area contributed by atoms with Crippen LogP contribution in [0.15, 0.2) is 82.5 Å². The molecule has 0 atom stereocenters. The van der Waals surface area contributed by atoms with Crippen LogP contribution in [-0.2, 0) is 20.2 Å². The number of carbonyl (C=O) groups excluding carboxylic acids is 1. The molecule has 1 amide bonds. The van der Waals surface area contributed by atoms with E-state index in [1.807, 2.05) is 30.3 Å². The van der Waals surface area contributed by atoms with Gasteiger partial charge in [-0.25, -0.2) is 12.8 Å². The SMILES string of the molecule is CC(C)(C)c1ccc(C=c2sc(=C(C#N)C(=O)Nc3cccc(S(=O)(=O)N4CCCCC4)c3)n(-c3ccccc3F)c2=O)cc1. The van der Waals surface area contributed by atoms with E-state index in [4.69, 9.17) is 0 Å². The van der Waals surface area contributed by atoms with Crippen molar-refractivity contribution in [3.05, 3.63) is 109 Å². The van der Waals surface area contributed by atoms with Crippen LogP contribution in [0.1, 0.15) is 51.2 Å². The van der Waals surface area contributed by atoms with Crippen molar-refractivity contribution >= 4 is 44.6 Å². The van der Waals surface area contributed by atoms with E-state index < -0.39 is 32.9 Å². The Morgan fingerprint density at radius 2 is 1.69 bits per heavy atom.